The molecule has 101 valence electrons. The summed E-state index contributed by atoms with van der Waals surface area (Å²) in [5.41, 5.74) is 0. The zero-order valence-corrected chi connectivity index (χ0v) is 16.2. The molecule has 0 heterocycles. The van der Waals surface area contributed by atoms with Crippen LogP contribution in [-0.4, -0.2) is 56.9 Å². The van der Waals surface area contributed by atoms with Crippen molar-refractivity contribution in [2.45, 2.75) is 0 Å². The van der Waals surface area contributed by atoms with Gasteiger partial charge in [0.25, 0.3) is 0 Å². The van der Waals surface area contributed by atoms with Crippen molar-refractivity contribution < 1.29 is 5.48 Å². The molecule has 0 saturated carbocycles. The van der Waals surface area contributed by atoms with E-state index in [9.17, 15) is 0 Å². The Morgan fingerprint density at radius 3 is 0.905 bits per heavy atom. The zero-order chi connectivity index (χ0) is 12.9. The van der Waals surface area contributed by atoms with E-state index in [1.54, 1.807) is 0 Å². The largest absolute Gasteiger partial charge is 0.870 e. The van der Waals surface area contributed by atoms with Gasteiger partial charge in [0, 0.05) is 51.4 Å². The van der Waals surface area contributed by atoms with Crippen molar-refractivity contribution in [3.63, 3.8) is 0 Å². The zero-order valence-electron chi connectivity index (χ0n) is 12.1. The molecule has 0 fully saturated rings. The summed E-state index contributed by atoms with van der Waals surface area (Å²) in [4.78, 5) is 0. The molecule has 1 nitrogen and oxygen atoms in total. The maximum atomic E-state index is 2.24. The van der Waals surface area contributed by atoms with Gasteiger partial charge in [-0.15, -0.1) is 0 Å². The van der Waals surface area contributed by atoms with Crippen molar-refractivity contribution >= 4 is 75.2 Å². The van der Waals surface area contributed by atoms with E-state index < -0.39 is 7.92 Å². The van der Waals surface area contributed by atoms with E-state index in [0.29, 0.717) is 0 Å². The van der Waals surface area contributed by atoms with Crippen LogP contribution in [0.5, 0.6) is 0 Å². The molecule has 0 aliphatic heterocycles. The van der Waals surface area contributed by atoms with Crippen molar-refractivity contribution in [1.82, 2.24) is 0 Å². The summed E-state index contributed by atoms with van der Waals surface area (Å²) in [6.45, 7) is 0. The van der Waals surface area contributed by atoms with Crippen LogP contribution >= 0.6 is 7.92 Å². The summed E-state index contributed by atoms with van der Waals surface area (Å²) < 4.78 is 0. The summed E-state index contributed by atoms with van der Waals surface area (Å²) in [5.74, 6) is 0. The van der Waals surface area contributed by atoms with E-state index in [0.717, 1.165) is 0 Å². The summed E-state index contributed by atoms with van der Waals surface area (Å²) in [5, 5.41) is 4.31. The van der Waals surface area contributed by atoms with Gasteiger partial charge in [-0.1, -0.05) is 54.6 Å². The number of hydrogen-bond donors (Lipinski definition) is 0. The summed E-state index contributed by atoms with van der Waals surface area (Å²) in [6, 6.07) is 32.5. The van der Waals surface area contributed by atoms with Crippen LogP contribution in [0.4, 0.5) is 0 Å². The SMILES string of the molecule is [K].[OH-].c1ccc([PH+](c2ccccc2)c2ccccc2)cc1. The van der Waals surface area contributed by atoms with Gasteiger partial charge >= 0.3 is 0 Å². The predicted molar refractivity (Wildman–Crippen MR) is 94.2 cm³/mol. The third-order valence-electron chi connectivity index (χ3n) is 3.19. The Bertz CT molecular complexity index is 535. The first-order valence-electron chi connectivity index (χ1n) is 6.48. The van der Waals surface area contributed by atoms with Crippen molar-refractivity contribution in [2.24, 2.45) is 0 Å². The molecule has 0 spiro atoms. The third kappa shape index (κ3) is 4.84. The molecule has 0 aliphatic rings. The molecule has 1 radical (unpaired) electrons. The first kappa shape index (κ1) is 18.7. The van der Waals surface area contributed by atoms with Crippen molar-refractivity contribution in [3.8, 4) is 0 Å². The Hall–Kier alpha value is -0.314. The standard InChI is InChI=1S/C18H15P.K.H2O/c1-4-10-16(11-5-1)19(17-12-6-2-7-13-17)18-14-8-3-9-15-18;;/h1-15H;;1H2. The summed E-state index contributed by atoms with van der Waals surface area (Å²) >= 11 is 0. The van der Waals surface area contributed by atoms with E-state index in [-0.39, 0.29) is 56.9 Å². The van der Waals surface area contributed by atoms with Crippen LogP contribution in [0.2, 0.25) is 0 Å². The van der Waals surface area contributed by atoms with Crippen molar-refractivity contribution in [2.75, 3.05) is 0 Å². The van der Waals surface area contributed by atoms with Gasteiger partial charge in [0.05, 0.1) is 7.92 Å². The van der Waals surface area contributed by atoms with Crippen molar-refractivity contribution in [1.29, 1.82) is 0 Å². The third-order valence-corrected chi connectivity index (χ3v) is 5.92. The van der Waals surface area contributed by atoms with Crippen LogP contribution in [-0.2, 0) is 0 Å². The molecule has 3 aromatic carbocycles. The Labute approximate surface area is 169 Å². The fourth-order valence-electron chi connectivity index (χ4n) is 2.31. The van der Waals surface area contributed by atoms with Crippen LogP contribution in [0, 0.1) is 0 Å². The van der Waals surface area contributed by atoms with Crippen LogP contribution in [0.3, 0.4) is 0 Å². The van der Waals surface area contributed by atoms with Crippen LogP contribution in [0.15, 0.2) is 91.0 Å². The van der Waals surface area contributed by atoms with E-state index in [4.69, 9.17) is 0 Å². The molecule has 0 unspecified atom stereocenters. The monoisotopic (exact) mass is 319 g/mol. The molecule has 21 heavy (non-hydrogen) atoms. The number of hydrogen-bond acceptors (Lipinski definition) is 1. The Balaban J connectivity index is 0.00000110. The molecule has 0 amide bonds. The Morgan fingerprint density at radius 1 is 0.429 bits per heavy atom. The molecule has 0 bridgehead atoms. The van der Waals surface area contributed by atoms with E-state index >= 15 is 0 Å². The molecular weight excluding hydrogens is 302 g/mol. The quantitative estimate of drug-likeness (QED) is 0.539. The van der Waals surface area contributed by atoms with Crippen molar-refractivity contribution in [3.05, 3.63) is 91.0 Å². The second-order valence-electron chi connectivity index (χ2n) is 4.47. The molecule has 0 atom stereocenters. The minimum absolute atomic E-state index is 0. The molecule has 3 aromatic rings. The fraction of sp³-hybridized carbons (Fsp3) is 0. The Kier molecular flexibility index (Phi) is 8.61. The molecule has 3 heteroatoms. The van der Waals surface area contributed by atoms with Gasteiger partial charge in [0.15, 0.2) is 0 Å². The molecule has 1 N–H and O–H groups in total. The van der Waals surface area contributed by atoms with Gasteiger partial charge in [0.1, 0.15) is 15.9 Å². The first-order chi connectivity index (χ1) is 9.45. The molecule has 0 aromatic heterocycles. The van der Waals surface area contributed by atoms with E-state index in [1.165, 1.54) is 15.9 Å². The summed E-state index contributed by atoms with van der Waals surface area (Å²) in [7, 11) is -0.877. The first-order valence-corrected chi connectivity index (χ1v) is 7.98. The predicted octanol–water partition coefficient (Wildman–Crippen LogP) is 2.62. The van der Waals surface area contributed by atoms with E-state index in [2.05, 4.69) is 91.0 Å². The van der Waals surface area contributed by atoms with Gasteiger partial charge in [0.2, 0.25) is 0 Å². The molecule has 0 aliphatic carbocycles. The van der Waals surface area contributed by atoms with Crippen LogP contribution in [0.1, 0.15) is 0 Å². The Morgan fingerprint density at radius 2 is 0.667 bits per heavy atom. The van der Waals surface area contributed by atoms with Crippen LogP contribution in [0.25, 0.3) is 0 Å². The average molecular weight is 319 g/mol. The molecular formula is C18H17KOP. The minimum Gasteiger partial charge on any atom is -0.870 e. The second-order valence-corrected chi connectivity index (χ2v) is 6.96. The fourth-order valence-corrected chi connectivity index (χ4v) is 4.89. The van der Waals surface area contributed by atoms with Gasteiger partial charge in [-0.25, -0.2) is 0 Å². The van der Waals surface area contributed by atoms with Gasteiger partial charge in [-0.2, -0.15) is 0 Å². The molecule has 0 saturated heterocycles. The van der Waals surface area contributed by atoms with Gasteiger partial charge in [-0.05, 0) is 36.4 Å². The van der Waals surface area contributed by atoms with Gasteiger partial charge < -0.3 is 5.48 Å². The minimum atomic E-state index is -0.877. The maximum Gasteiger partial charge on any atom is 0.102 e. The second kappa shape index (κ2) is 9.65. The summed E-state index contributed by atoms with van der Waals surface area (Å²) in [6.07, 6.45) is 0. The smallest absolute Gasteiger partial charge is 0.102 e. The normalized spacial score (nSPS) is 9.57. The van der Waals surface area contributed by atoms with Crippen LogP contribution < -0.4 is 15.9 Å². The number of rotatable bonds is 3. The average Bonchev–Trinajstić information content (AvgIpc) is 2.51. The molecule has 3 rings (SSSR count). The van der Waals surface area contributed by atoms with E-state index in [1.807, 2.05) is 0 Å². The topological polar surface area (TPSA) is 30.0 Å². The van der Waals surface area contributed by atoms with Gasteiger partial charge in [-0.3, -0.25) is 0 Å². The number of benzene rings is 3. The maximum absolute atomic E-state index is 2.24.